The van der Waals surface area contributed by atoms with E-state index in [1.807, 2.05) is 0 Å². The van der Waals surface area contributed by atoms with Gasteiger partial charge in [-0.05, 0) is 55.3 Å². The van der Waals surface area contributed by atoms with Gasteiger partial charge in [0.1, 0.15) is 0 Å². The number of benzene rings is 1. The number of fused-ring (bicyclic) bond motifs is 3. The molecule has 1 aliphatic heterocycles. The quantitative estimate of drug-likeness (QED) is 0.663. The zero-order valence-electron chi connectivity index (χ0n) is 16.7. The number of anilines is 1. The van der Waals surface area contributed by atoms with Crippen molar-refractivity contribution in [2.75, 3.05) is 18.4 Å². The fourth-order valence-corrected chi connectivity index (χ4v) is 5.90. The minimum atomic E-state index is -0.166. The van der Waals surface area contributed by atoms with Crippen LogP contribution in [0.25, 0.3) is 16.5 Å². The van der Waals surface area contributed by atoms with E-state index in [0.29, 0.717) is 28.5 Å². The molecule has 6 rings (SSSR count). The summed E-state index contributed by atoms with van der Waals surface area (Å²) >= 11 is 5.82. The lowest BCUT2D eigenvalue weighted by Crippen LogP contribution is -2.48. The van der Waals surface area contributed by atoms with Crippen LogP contribution in [0.4, 0.5) is 5.82 Å². The fourth-order valence-electron chi connectivity index (χ4n) is 5.80. The van der Waals surface area contributed by atoms with Gasteiger partial charge in [-0.15, -0.1) is 10.2 Å². The molecule has 30 heavy (non-hydrogen) atoms. The molecular formula is C23H22ClN5O. The van der Waals surface area contributed by atoms with Gasteiger partial charge in [-0.3, -0.25) is 9.69 Å². The third-order valence-electron chi connectivity index (χ3n) is 6.93. The molecule has 0 spiro atoms. The number of H-pyrrole nitrogens is 1. The predicted molar refractivity (Wildman–Crippen MR) is 118 cm³/mol. The van der Waals surface area contributed by atoms with Gasteiger partial charge in [-0.1, -0.05) is 36.7 Å². The van der Waals surface area contributed by atoms with Crippen LogP contribution in [-0.4, -0.2) is 45.1 Å². The number of hydrogen-bond donors (Lipinski definition) is 2. The molecule has 3 heterocycles. The Labute approximate surface area is 179 Å². The standard InChI is InChI=1S/C23H22ClN5O/c1-2-29-10-4-6-13-12-5-3-7-16-19(12)20-14(22(13)29)11-15(21(20)25-16)23(30)26-18-9-8-17(24)27-28-18/h3,5,7-9,11,13-14,22,25H,2,4,6,10H2,1H3,(H,26,28,30)/t13?,14?,22-/m0/s1. The number of carbonyl (C=O) groups excluding carboxylic acids is 1. The number of piperidine rings is 1. The highest BCUT2D eigenvalue weighted by atomic mass is 35.5. The van der Waals surface area contributed by atoms with Gasteiger partial charge in [0, 0.05) is 28.8 Å². The highest BCUT2D eigenvalue weighted by molar-refractivity contribution is 6.29. The number of nitrogens with zero attached hydrogens (tertiary/aromatic N) is 3. The van der Waals surface area contributed by atoms with Gasteiger partial charge < -0.3 is 10.3 Å². The number of nitrogens with one attached hydrogen (secondary N) is 2. The number of aromatic amines is 1. The van der Waals surface area contributed by atoms with Crippen LogP contribution in [0, 0.1) is 0 Å². The van der Waals surface area contributed by atoms with Crippen molar-refractivity contribution in [3.05, 3.63) is 58.4 Å². The Kier molecular flexibility index (Phi) is 4.01. The minimum Gasteiger partial charge on any atom is -0.354 e. The summed E-state index contributed by atoms with van der Waals surface area (Å²) in [5, 5.41) is 12.3. The molecule has 2 N–H and O–H groups in total. The van der Waals surface area contributed by atoms with Crippen molar-refractivity contribution < 1.29 is 4.79 Å². The first-order chi connectivity index (χ1) is 14.7. The summed E-state index contributed by atoms with van der Waals surface area (Å²) in [6.07, 6.45) is 4.59. The monoisotopic (exact) mass is 419 g/mol. The summed E-state index contributed by atoms with van der Waals surface area (Å²) in [5.74, 6) is 0.962. The van der Waals surface area contributed by atoms with E-state index in [9.17, 15) is 4.79 Å². The summed E-state index contributed by atoms with van der Waals surface area (Å²) in [6, 6.07) is 10.2. The number of likely N-dealkylation sites (N-methyl/N-ethyl adjacent to an activating group) is 1. The molecule has 1 amide bonds. The second-order valence-electron chi connectivity index (χ2n) is 8.35. The molecule has 7 heteroatoms. The molecule has 2 aromatic heterocycles. The highest BCUT2D eigenvalue weighted by Gasteiger charge is 2.47. The molecule has 2 aliphatic carbocycles. The number of carbonyl (C=O) groups is 1. The first kappa shape index (κ1) is 18.1. The van der Waals surface area contributed by atoms with E-state index in [4.69, 9.17) is 11.6 Å². The van der Waals surface area contributed by atoms with Gasteiger partial charge in [0.15, 0.2) is 11.0 Å². The number of amides is 1. The zero-order valence-corrected chi connectivity index (χ0v) is 17.4. The van der Waals surface area contributed by atoms with Crippen molar-refractivity contribution in [2.45, 2.75) is 37.6 Å². The van der Waals surface area contributed by atoms with Crippen molar-refractivity contribution in [3.63, 3.8) is 0 Å². The van der Waals surface area contributed by atoms with E-state index in [1.165, 1.54) is 29.4 Å². The molecule has 152 valence electrons. The van der Waals surface area contributed by atoms with Crippen molar-refractivity contribution in [2.24, 2.45) is 0 Å². The van der Waals surface area contributed by atoms with Crippen molar-refractivity contribution in [3.8, 4) is 0 Å². The lowest BCUT2D eigenvalue weighted by molar-refractivity contribution is -0.111. The summed E-state index contributed by atoms with van der Waals surface area (Å²) < 4.78 is 0. The molecule has 1 aromatic carbocycles. The van der Waals surface area contributed by atoms with Crippen LogP contribution in [-0.2, 0) is 4.79 Å². The molecule has 6 nitrogen and oxygen atoms in total. The lowest BCUT2D eigenvalue weighted by atomic mass is 9.70. The predicted octanol–water partition coefficient (Wildman–Crippen LogP) is 4.31. The van der Waals surface area contributed by atoms with E-state index < -0.39 is 0 Å². The van der Waals surface area contributed by atoms with Crippen LogP contribution in [0.3, 0.4) is 0 Å². The Morgan fingerprint density at radius 2 is 2.20 bits per heavy atom. The molecule has 1 saturated heterocycles. The molecule has 0 saturated carbocycles. The number of likely N-dealkylation sites (tertiary alicyclic amines) is 1. The average Bonchev–Trinajstić information content (AvgIpc) is 3.32. The van der Waals surface area contributed by atoms with Gasteiger partial charge in [-0.25, -0.2) is 0 Å². The first-order valence-corrected chi connectivity index (χ1v) is 10.9. The topological polar surface area (TPSA) is 73.9 Å². The smallest absolute Gasteiger partial charge is 0.258 e. The molecule has 3 aliphatic rings. The number of aromatic nitrogens is 3. The van der Waals surface area contributed by atoms with Crippen molar-refractivity contribution >= 4 is 39.8 Å². The largest absolute Gasteiger partial charge is 0.354 e. The number of halogens is 1. The Balaban J connectivity index is 1.47. The zero-order chi connectivity index (χ0) is 20.4. The van der Waals surface area contributed by atoms with Gasteiger partial charge in [0.2, 0.25) is 0 Å². The maximum absolute atomic E-state index is 13.2. The number of rotatable bonds is 3. The molecular weight excluding hydrogens is 398 g/mol. The second kappa shape index (κ2) is 6.65. The van der Waals surface area contributed by atoms with Gasteiger partial charge >= 0.3 is 0 Å². The number of hydrogen-bond acceptors (Lipinski definition) is 4. The molecule has 1 fully saturated rings. The minimum absolute atomic E-state index is 0.166. The molecule has 2 unspecified atom stereocenters. The maximum Gasteiger partial charge on any atom is 0.258 e. The van der Waals surface area contributed by atoms with Crippen molar-refractivity contribution in [1.29, 1.82) is 0 Å². The summed E-state index contributed by atoms with van der Waals surface area (Å²) in [4.78, 5) is 19.4. The van der Waals surface area contributed by atoms with E-state index in [0.717, 1.165) is 24.3 Å². The summed E-state index contributed by atoms with van der Waals surface area (Å²) in [5.41, 5.74) is 5.48. The lowest BCUT2D eigenvalue weighted by Gasteiger charge is -2.46. The van der Waals surface area contributed by atoms with Crippen LogP contribution < -0.4 is 5.32 Å². The highest BCUT2D eigenvalue weighted by Crippen LogP contribution is 2.54. The van der Waals surface area contributed by atoms with E-state index in [-0.39, 0.29) is 11.8 Å². The third-order valence-corrected chi connectivity index (χ3v) is 7.13. The van der Waals surface area contributed by atoms with Gasteiger partial charge in [0.05, 0.1) is 11.3 Å². The summed E-state index contributed by atoms with van der Waals surface area (Å²) in [6.45, 7) is 4.38. The van der Waals surface area contributed by atoms with E-state index in [2.05, 4.69) is 56.6 Å². The molecule has 0 bridgehead atoms. The van der Waals surface area contributed by atoms with Crippen LogP contribution in [0.1, 0.15) is 48.4 Å². The molecule has 0 radical (unpaired) electrons. The second-order valence-corrected chi connectivity index (χ2v) is 8.74. The Bertz CT molecular complexity index is 1200. The van der Waals surface area contributed by atoms with Gasteiger partial charge in [-0.2, -0.15) is 0 Å². The van der Waals surface area contributed by atoms with Crippen molar-refractivity contribution in [1.82, 2.24) is 20.1 Å². The average molecular weight is 420 g/mol. The Hall–Kier alpha value is -2.70. The van der Waals surface area contributed by atoms with E-state index in [1.54, 1.807) is 12.1 Å². The SMILES string of the molecule is CCN1CCCC2c3cccc4[nH]c5c(c34)C(C=C5C(=O)Nc3ccc(Cl)nn3)[C@H]21. The summed E-state index contributed by atoms with van der Waals surface area (Å²) in [7, 11) is 0. The van der Waals surface area contributed by atoms with Crippen LogP contribution in [0.15, 0.2) is 36.4 Å². The molecule has 3 aromatic rings. The fraction of sp³-hybridized carbons (Fsp3) is 0.348. The van der Waals surface area contributed by atoms with Gasteiger partial charge in [0.25, 0.3) is 5.91 Å². The normalized spacial score (nSPS) is 24.6. The Morgan fingerprint density at radius 3 is 3.00 bits per heavy atom. The molecule has 3 atom stereocenters. The third kappa shape index (κ3) is 2.50. The van der Waals surface area contributed by atoms with Crippen LogP contribution in [0.5, 0.6) is 0 Å². The maximum atomic E-state index is 13.2. The first-order valence-electron chi connectivity index (χ1n) is 10.6. The van der Waals surface area contributed by atoms with Crippen LogP contribution >= 0.6 is 11.6 Å². The van der Waals surface area contributed by atoms with Crippen LogP contribution in [0.2, 0.25) is 5.15 Å². The Morgan fingerprint density at radius 1 is 1.30 bits per heavy atom. The van der Waals surface area contributed by atoms with E-state index >= 15 is 0 Å².